The molecule has 0 unspecified atom stereocenters. The number of hydrogen-bond acceptors (Lipinski definition) is 3. The molecule has 0 radical (unpaired) electrons. The number of rotatable bonds is 1. The second kappa shape index (κ2) is 5.65. The second-order valence-corrected chi connectivity index (χ2v) is 7.99. The lowest BCUT2D eigenvalue weighted by Gasteiger charge is -2.17. The van der Waals surface area contributed by atoms with Crippen LogP contribution in [0.4, 0.5) is 0 Å². The van der Waals surface area contributed by atoms with E-state index in [0.717, 1.165) is 33.4 Å². The van der Waals surface area contributed by atoms with Gasteiger partial charge in [-0.2, -0.15) is 4.98 Å². The lowest BCUT2D eigenvalue weighted by Crippen LogP contribution is -2.16. The molecule has 27 heavy (non-hydrogen) atoms. The molecule has 0 aliphatic rings. The van der Waals surface area contributed by atoms with Crippen LogP contribution in [0.1, 0.15) is 26.6 Å². The standard InChI is InChI=1S/C24H20N2O/c1-24(2,3)23-25-21(17-13-12-15-8-4-5-9-16(15)14-17)20-18-10-6-7-11-19(18)27-22(20)26-23/h4-14H,1-3H3. The Morgan fingerprint density at radius 2 is 1.52 bits per heavy atom. The lowest BCUT2D eigenvalue weighted by molar-refractivity contribution is 0.540. The molecule has 0 spiro atoms. The van der Waals surface area contributed by atoms with Gasteiger partial charge in [-0.05, 0) is 22.9 Å². The summed E-state index contributed by atoms with van der Waals surface area (Å²) in [6.45, 7) is 6.38. The third-order valence-corrected chi connectivity index (χ3v) is 4.93. The third kappa shape index (κ3) is 2.58. The molecule has 3 nitrogen and oxygen atoms in total. The average Bonchev–Trinajstić information content (AvgIpc) is 3.05. The summed E-state index contributed by atoms with van der Waals surface area (Å²) < 4.78 is 6.09. The Hall–Kier alpha value is -3.20. The van der Waals surface area contributed by atoms with Crippen molar-refractivity contribution in [1.29, 1.82) is 0 Å². The number of fused-ring (bicyclic) bond motifs is 4. The SMILES string of the molecule is CC(C)(C)c1nc(-c2ccc3ccccc3c2)c2c(n1)oc1ccccc12. The first kappa shape index (κ1) is 16.0. The molecule has 0 fully saturated rings. The second-order valence-electron chi connectivity index (χ2n) is 7.99. The van der Waals surface area contributed by atoms with Gasteiger partial charge in [0.25, 0.3) is 0 Å². The van der Waals surface area contributed by atoms with Gasteiger partial charge in [0.05, 0.1) is 11.1 Å². The molecule has 5 aromatic rings. The Morgan fingerprint density at radius 1 is 0.778 bits per heavy atom. The first-order valence-corrected chi connectivity index (χ1v) is 9.20. The minimum atomic E-state index is -0.168. The van der Waals surface area contributed by atoms with E-state index < -0.39 is 0 Å². The summed E-state index contributed by atoms with van der Waals surface area (Å²) in [6.07, 6.45) is 0. The minimum absolute atomic E-state index is 0.168. The minimum Gasteiger partial charge on any atom is -0.438 e. The highest BCUT2D eigenvalue weighted by atomic mass is 16.3. The molecule has 0 N–H and O–H groups in total. The van der Waals surface area contributed by atoms with Crippen molar-refractivity contribution in [2.45, 2.75) is 26.2 Å². The number of nitrogens with zero attached hydrogens (tertiary/aromatic N) is 2. The predicted octanol–water partition coefficient (Wildman–Crippen LogP) is 6.49. The van der Waals surface area contributed by atoms with Crippen molar-refractivity contribution in [3.8, 4) is 11.3 Å². The molecule has 132 valence electrons. The number of benzene rings is 3. The zero-order valence-corrected chi connectivity index (χ0v) is 15.7. The van der Waals surface area contributed by atoms with Crippen molar-refractivity contribution < 1.29 is 4.42 Å². The molecule has 0 atom stereocenters. The van der Waals surface area contributed by atoms with Crippen LogP contribution >= 0.6 is 0 Å². The van der Waals surface area contributed by atoms with Gasteiger partial charge in [-0.1, -0.05) is 75.4 Å². The zero-order chi connectivity index (χ0) is 18.6. The number of furan rings is 1. The highest BCUT2D eigenvalue weighted by molar-refractivity contribution is 6.10. The van der Waals surface area contributed by atoms with E-state index in [1.807, 2.05) is 18.2 Å². The lowest BCUT2D eigenvalue weighted by atomic mass is 9.94. The summed E-state index contributed by atoms with van der Waals surface area (Å²) in [5, 5.41) is 4.46. The van der Waals surface area contributed by atoms with Crippen molar-refractivity contribution in [3.05, 3.63) is 72.6 Å². The van der Waals surface area contributed by atoms with E-state index >= 15 is 0 Å². The van der Waals surface area contributed by atoms with Crippen molar-refractivity contribution in [2.75, 3.05) is 0 Å². The molecule has 0 saturated carbocycles. The maximum atomic E-state index is 6.09. The quantitative estimate of drug-likeness (QED) is 0.346. The van der Waals surface area contributed by atoms with Crippen LogP contribution in [0.5, 0.6) is 0 Å². The first-order valence-electron chi connectivity index (χ1n) is 9.20. The summed E-state index contributed by atoms with van der Waals surface area (Å²) in [5.74, 6) is 0.789. The summed E-state index contributed by atoms with van der Waals surface area (Å²) in [6, 6.07) is 22.9. The van der Waals surface area contributed by atoms with Gasteiger partial charge in [-0.15, -0.1) is 0 Å². The molecule has 0 aliphatic carbocycles. The first-order chi connectivity index (χ1) is 13.0. The fourth-order valence-corrected chi connectivity index (χ4v) is 3.50. The van der Waals surface area contributed by atoms with Crippen LogP contribution in [-0.2, 0) is 5.41 Å². The molecule has 3 aromatic carbocycles. The van der Waals surface area contributed by atoms with E-state index in [2.05, 4.69) is 69.3 Å². The van der Waals surface area contributed by atoms with E-state index in [-0.39, 0.29) is 5.41 Å². The summed E-state index contributed by atoms with van der Waals surface area (Å²) in [5.41, 5.74) is 3.34. The Labute approximate surface area is 157 Å². The molecule has 5 rings (SSSR count). The van der Waals surface area contributed by atoms with Crippen LogP contribution in [0.15, 0.2) is 71.1 Å². The van der Waals surface area contributed by atoms with Crippen molar-refractivity contribution >= 4 is 32.8 Å². The van der Waals surface area contributed by atoms with E-state index in [1.165, 1.54) is 10.8 Å². The highest BCUT2D eigenvalue weighted by Gasteiger charge is 2.23. The molecular weight excluding hydrogens is 332 g/mol. The highest BCUT2D eigenvalue weighted by Crippen LogP contribution is 2.37. The van der Waals surface area contributed by atoms with Crippen molar-refractivity contribution in [3.63, 3.8) is 0 Å². The van der Waals surface area contributed by atoms with Gasteiger partial charge in [0.2, 0.25) is 5.71 Å². The van der Waals surface area contributed by atoms with E-state index in [4.69, 9.17) is 14.4 Å². The molecule has 0 bridgehead atoms. The summed E-state index contributed by atoms with van der Waals surface area (Å²) >= 11 is 0. The number of hydrogen-bond donors (Lipinski definition) is 0. The molecule has 2 aromatic heterocycles. The van der Waals surface area contributed by atoms with Crippen LogP contribution < -0.4 is 0 Å². The maximum absolute atomic E-state index is 6.09. The maximum Gasteiger partial charge on any atom is 0.231 e. The van der Waals surface area contributed by atoms with Crippen LogP contribution in [-0.4, -0.2) is 9.97 Å². The van der Waals surface area contributed by atoms with Crippen LogP contribution in [0.25, 0.3) is 44.1 Å². The molecule has 3 heteroatoms. The monoisotopic (exact) mass is 352 g/mol. The zero-order valence-electron chi connectivity index (χ0n) is 15.7. The summed E-state index contributed by atoms with van der Waals surface area (Å²) in [4.78, 5) is 9.75. The molecule has 0 amide bonds. The fourth-order valence-electron chi connectivity index (χ4n) is 3.50. The van der Waals surface area contributed by atoms with E-state index in [9.17, 15) is 0 Å². The van der Waals surface area contributed by atoms with E-state index in [0.29, 0.717) is 5.71 Å². The predicted molar refractivity (Wildman–Crippen MR) is 111 cm³/mol. The van der Waals surface area contributed by atoms with Gasteiger partial charge >= 0.3 is 0 Å². The largest absolute Gasteiger partial charge is 0.438 e. The van der Waals surface area contributed by atoms with Gasteiger partial charge in [-0.25, -0.2) is 4.98 Å². The fraction of sp³-hybridized carbons (Fsp3) is 0.167. The van der Waals surface area contributed by atoms with Gasteiger partial charge in [0, 0.05) is 16.4 Å². The summed E-state index contributed by atoms with van der Waals surface area (Å²) in [7, 11) is 0. The molecule has 0 aliphatic heterocycles. The van der Waals surface area contributed by atoms with Gasteiger partial charge in [0.1, 0.15) is 11.4 Å². The Balaban J connectivity index is 1.90. The Kier molecular flexibility index (Phi) is 3.35. The van der Waals surface area contributed by atoms with Crippen LogP contribution in [0.2, 0.25) is 0 Å². The van der Waals surface area contributed by atoms with Gasteiger partial charge in [0.15, 0.2) is 0 Å². The Bertz CT molecular complexity index is 1310. The third-order valence-electron chi connectivity index (χ3n) is 4.93. The van der Waals surface area contributed by atoms with E-state index in [1.54, 1.807) is 0 Å². The van der Waals surface area contributed by atoms with Crippen molar-refractivity contribution in [1.82, 2.24) is 9.97 Å². The normalized spacial score (nSPS) is 12.3. The topological polar surface area (TPSA) is 38.9 Å². The van der Waals surface area contributed by atoms with Gasteiger partial charge in [-0.3, -0.25) is 0 Å². The number of para-hydroxylation sites is 1. The molecule has 2 heterocycles. The molecule has 0 saturated heterocycles. The van der Waals surface area contributed by atoms with Crippen LogP contribution in [0.3, 0.4) is 0 Å². The van der Waals surface area contributed by atoms with Gasteiger partial charge < -0.3 is 4.42 Å². The molecular formula is C24H20N2O. The number of aromatic nitrogens is 2. The van der Waals surface area contributed by atoms with Crippen molar-refractivity contribution in [2.24, 2.45) is 0 Å². The smallest absolute Gasteiger partial charge is 0.231 e. The average molecular weight is 352 g/mol. The Morgan fingerprint density at radius 3 is 2.33 bits per heavy atom. The van der Waals surface area contributed by atoms with Crippen LogP contribution in [0, 0.1) is 0 Å².